The number of hydrogen-bond acceptors (Lipinski definition) is 4. The molecule has 140 valence electrons. The van der Waals surface area contributed by atoms with Gasteiger partial charge in [0.05, 0.1) is 11.9 Å². The van der Waals surface area contributed by atoms with Crippen molar-refractivity contribution in [2.24, 2.45) is 0 Å². The van der Waals surface area contributed by atoms with Gasteiger partial charge < -0.3 is 9.42 Å². The van der Waals surface area contributed by atoms with Crippen LogP contribution in [0.5, 0.6) is 0 Å². The van der Waals surface area contributed by atoms with Crippen LogP contribution < -0.4 is 0 Å². The maximum atomic E-state index is 12.9. The summed E-state index contributed by atoms with van der Waals surface area (Å²) in [4.78, 5) is 14.7. The Morgan fingerprint density at radius 1 is 1.30 bits per heavy atom. The highest BCUT2D eigenvalue weighted by Gasteiger charge is 2.30. The molecule has 1 aliphatic rings. The first-order valence-electron chi connectivity index (χ1n) is 9.48. The van der Waals surface area contributed by atoms with Crippen molar-refractivity contribution in [2.75, 3.05) is 13.1 Å². The second-order valence-electron chi connectivity index (χ2n) is 7.42. The standard InChI is InChI=1S/C21H24N4O2/c1-14(2)18-11-19(27-24-18)21(26)25-10-6-9-16(13-25)20-17(12-22-23-20)15-7-4-3-5-8-15/h3-5,7-8,11-12,14,16H,6,9-10,13H2,1-2H3,(H,22,23)/t16-/m0/s1. The second-order valence-corrected chi connectivity index (χ2v) is 7.42. The fraction of sp³-hybridized carbons (Fsp3) is 0.381. The summed E-state index contributed by atoms with van der Waals surface area (Å²) in [5.74, 6) is 0.711. The van der Waals surface area contributed by atoms with Gasteiger partial charge in [-0.15, -0.1) is 0 Å². The van der Waals surface area contributed by atoms with E-state index in [2.05, 4.69) is 27.5 Å². The normalized spacial score (nSPS) is 17.4. The number of benzene rings is 1. The van der Waals surface area contributed by atoms with Crippen LogP contribution in [0, 0.1) is 0 Å². The highest BCUT2D eigenvalue weighted by Crippen LogP contribution is 2.33. The summed E-state index contributed by atoms with van der Waals surface area (Å²) in [6.45, 7) is 5.46. The van der Waals surface area contributed by atoms with Gasteiger partial charge in [-0.05, 0) is 24.3 Å². The molecule has 1 saturated heterocycles. The third-order valence-electron chi connectivity index (χ3n) is 5.20. The number of likely N-dealkylation sites (tertiary alicyclic amines) is 1. The SMILES string of the molecule is CC(C)c1cc(C(=O)N2CCC[C@H](c3[nH]ncc3-c3ccccc3)C2)on1. The highest BCUT2D eigenvalue weighted by atomic mass is 16.5. The summed E-state index contributed by atoms with van der Waals surface area (Å²) in [6, 6.07) is 12.0. The van der Waals surface area contributed by atoms with Crippen molar-refractivity contribution in [3.8, 4) is 11.1 Å². The molecule has 4 rings (SSSR count). The van der Waals surface area contributed by atoms with E-state index < -0.39 is 0 Å². The van der Waals surface area contributed by atoms with Crippen molar-refractivity contribution in [3.05, 3.63) is 59.7 Å². The number of aromatic amines is 1. The van der Waals surface area contributed by atoms with E-state index in [-0.39, 0.29) is 17.7 Å². The minimum atomic E-state index is -0.0834. The van der Waals surface area contributed by atoms with E-state index in [4.69, 9.17) is 4.52 Å². The molecule has 1 aliphatic heterocycles. The van der Waals surface area contributed by atoms with Gasteiger partial charge in [0.15, 0.2) is 0 Å². The third-order valence-corrected chi connectivity index (χ3v) is 5.20. The van der Waals surface area contributed by atoms with Crippen LogP contribution in [-0.4, -0.2) is 39.3 Å². The van der Waals surface area contributed by atoms with Crippen LogP contribution in [0.3, 0.4) is 0 Å². The van der Waals surface area contributed by atoms with Gasteiger partial charge in [0.1, 0.15) is 0 Å². The molecule has 6 nitrogen and oxygen atoms in total. The minimum absolute atomic E-state index is 0.0834. The van der Waals surface area contributed by atoms with E-state index in [1.807, 2.05) is 43.1 Å². The van der Waals surface area contributed by atoms with Crippen molar-refractivity contribution in [1.82, 2.24) is 20.3 Å². The summed E-state index contributed by atoms with van der Waals surface area (Å²) in [5.41, 5.74) is 4.16. The van der Waals surface area contributed by atoms with Crippen LogP contribution in [-0.2, 0) is 0 Å². The van der Waals surface area contributed by atoms with Gasteiger partial charge in [-0.2, -0.15) is 5.10 Å². The molecule has 0 unspecified atom stereocenters. The van der Waals surface area contributed by atoms with Gasteiger partial charge in [-0.3, -0.25) is 9.89 Å². The maximum Gasteiger partial charge on any atom is 0.292 e. The number of carbonyl (C=O) groups is 1. The molecule has 0 bridgehead atoms. The Hall–Kier alpha value is -2.89. The molecule has 0 saturated carbocycles. The Kier molecular flexibility index (Phi) is 4.79. The molecule has 0 spiro atoms. The van der Waals surface area contributed by atoms with Gasteiger partial charge in [0, 0.05) is 36.3 Å². The Bertz CT molecular complexity index is 913. The molecular formula is C21H24N4O2. The zero-order valence-corrected chi connectivity index (χ0v) is 15.7. The van der Waals surface area contributed by atoms with Crippen molar-refractivity contribution in [3.63, 3.8) is 0 Å². The highest BCUT2D eigenvalue weighted by molar-refractivity contribution is 5.91. The first-order valence-corrected chi connectivity index (χ1v) is 9.48. The Balaban J connectivity index is 1.54. The Labute approximate surface area is 158 Å². The Morgan fingerprint density at radius 3 is 2.85 bits per heavy atom. The number of aromatic nitrogens is 3. The molecule has 27 heavy (non-hydrogen) atoms. The monoisotopic (exact) mass is 364 g/mol. The van der Waals surface area contributed by atoms with Crippen LogP contribution >= 0.6 is 0 Å². The fourth-order valence-corrected chi connectivity index (χ4v) is 3.67. The molecule has 6 heteroatoms. The molecular weight excluding hydrogens is 340 g/mol. The number of hydrogen-bond donors (Lipinski definition) is 1. The summed E-state index contributed by atoms with van der Waals surface area (Å²) < 4.78 is 5.30. The summed E-state index contributed by atoms with van der Waals surface area (Å²) >= 11 is 0. The van der Waals surface area contributed by atoms with E-state index >= 15 is 0 Å². The van der Waals surface area contributed by atoms with Gasteiger partial charge in [-0.1, -0.05) is 49.3 Å². The molecule has 0 aliphatic carbocycles. The number of piperidine rings is 1. The average Bonchev–Trinajstić information content (AvgIpc) is 3.38. The smallest absolute Gasteiger partial charge is 0.292 e. The number of nitrogens with zero attached hydrogens (tertiary/aromatic N) is 3. The number of carbonyl (C=O) groups excluding carboxylic acids is 1. The lowest BCUT2D eigenvalue weighted by molar-refractivity contribution is 0.0664. The zero-order chi connectivity index (χ0) is 18.8. The van der Waals surface area contributed by atoms with E-state index in [0.29, 0.717) is 12.3 Å². The second kappa shape index (κ2) is 7.39. The molecule has 2 aromatic heterocycles. The van der Waals surface area contributed by atoms with Gasteiger partial charge in [0.25, 0.3) is 5.91 Å². The van der Waals surface area contributed by atoms with Crippen LogP contribution in [0.25, 0.3) is 11.1 Å². The minimum Gasteiger partial charge on any atom is -0.351 e. The van der Waals surface area contributed by atoms with E-state index in [0.717, 1.165) is 41.9 Å². The number of rotatable bonds is 4. The lowest BCUT2D eigenvalue weighted by Gasteiger charge is -2.32. The predicted octanol–water partition coefficient (Wildman–Crippen LogP) is 4.21. The molecule has 1 fully saturated rings. The van der Waals surface area contributed by atoms with Crippen molar-refractivity contribution >= 4 is 5.91 Å². The lowest BCUT2D eigenvalue weighted by Crippen LogP contribution is -2.39. The van der Waals surface area contributed by atoms with Crippen molar-refractivity contribution < 1.29 is 9.32 Å². The topological polar surface area (TPSA) is 75.0 Å². The maximum absolute atomic E-state index is 12.9. The molecule has 3 heterocycles. The first kappa shape index (κ1) is 17.5. The first-order chi connectivity index (χ1) is 13.1. The molecule has 3 aromatic rings. The molecule has 1 aromatic carbocycles. The molecule has 1 amide bonds. The number of H-pyrrole nitrogens is 1. The largest absolute Gasteiger partial charge is 0.351 e. The summed E-state index contributed by atoms with van der Waals surface area (Å²) in [7, 11) is 0. The Morgan fingerprint density at radius 2 is 2.11 bits per heavy atom. The summed E-state index contributed by atoms with van der Waals surface area (Å²) in [5, 5.41) is 11.5. The van der Waals surface area contributed by atoms with E-state index in [9.17, 15) is 4.79 Å². The molecule has 1 N–H and O–H groups in total. The van der Waals surface area contributed by atoms with Crippen LogP contribution in [0.1, 0.15) is 60.5 Å². The zero-order valence-electron chi connectivity index (χ0n) is 15.7. The average molecular weight is 364 g/mol. The lowest BCUT2D eigenvalue weighted by atomic mass is 9.90. The third kappa shape index (κ3) is 3.52. The van der Waals surface area contributed by atoms with Gasteiger partial charge >= 0.3 is 0 Å². The van der Waals surface area contributed by atoms with Crippen molar-refractivity contribution in [1.29, 1.82) is 0 Å². The van der Waals surface area contributed by atoms with Gasteiger partial charge in [-0.25, -0.2) is 0 Å². The fourth-order valence-electron chi connectivity index (χ4n) is 3.67. The quantitative estimate of drug-likeness (QED) is 0.752. The number of nitrogens with one attached hydrogen (secondary N) is 1. The van der Waals surface area contributed by atoms with E-state index in [1.165, 1.54) is 0 Å². The number of amides is 1. The molecule has 1 atom stereocenters. The van der Waals surface area contributed by atoms with Crippen LogP contribution in [0.15, 0.2) is 47.1 Å². The van der Waals surface area contributed by atoms with Crippen LogP contribution in [0.4, 0.5) is 0 Å². The molecule has 0 radical (unpaired) electrons. The van der Waals surface area contributed by atoms with Crippen molar-refractivity contribution in [2.45, 2.75) is 38.5 Å². The van der Waals surface area contributed by atoms with Crippen LogP contribution in [0.2, 0.25) is 0 Å². The van der Waals surface area contributed by atoms with Gasteiger partial charge in [0.2, 0.25) is 5.76 Å². The predicted molar refractivity (Wildman–Crippen MR) is 102 cm³/mol. The summed E-state index contributed by atoms with van der Waals surface area (Å²) in [6.07, 6.45) is 3.85. The van der Waals surface area contributed by atoms with E-state index in [1.54, 1.807) is 6.07 Å².